The van der Waals surface area contributed by atoms with Crippen LogP contribution in [0.15, 0.2) is 29.4 Å². The van der Waals surface area contributed by atoms with E-state index in [0.717, 1.165) is 24.5 Å². The Bertz CT molecular complexity index is 369. The second-order valence-corrected chi connectivity index (χ2v) is 4.99. The van der Waals surface area contributed by atoms with Crippen molar-refractivity contribution >= 4 is 6.21 Å². The molecular weight excluding hydrogens is 250 g/mol. The van der Waals surface area contributed by atoms with Crippen molar-refractivity contribution in [3.63, 3.8) is 0 Å². The molecule has 1 aromatic rings. The van der Waals surface area contributed by atoms with Crippen molar-refractivity contribution in [2.24, 2.45) is 11.1 Å². The standard InChI is InChI=1S/C17H27NO2/c1-4-15(5-2)14-16-8-10-17(11-9-16)20-13-7-6-12-18-19-3/h8-12,15H,4-7,13-14H2,1-3H3/b18-12+. The zero-order valence-corrected chi connectivity index (χ0v) is 13.0. The molecule has 20 heavy (non-hydrogen) atoms. The Morgan fingerprint density at radius 1 is 1.15 bits per heavy atom. The number of benzene rings is 1. The Labute approximate surface area is 123 Å². The lowest BCUT2D eigenvalue weighted by Gasteiger charge is -2.12. The van der Waals surface area contributed by atoms with E-state index < -0.39 is 0 Å². The van der Waals surface area contributed by atoms with Crippen LogP contribution < -0.4 is 4.74 Å². The molecule has 0 N–H and O–H groups in total. The van der Waals surface area contributed by atoms with Crippen LogP contribution in [0.5, 0.6) is 5.75 Å². The quantitative estimate of drug-likeness (QED) is 0.359. The van der Waals surface area contributed by atoms with Gasteiger partial charge in [-0.2, -0.15) is 0 Å². The van der Waals surface area contributed by atoms with E-state index in [-0.39, 0.29) is 0 Å². The third kappa shape index (κ3) is 6.60. The van der Waals surface area contributed by atoms with E-state index in [4.69, 9.17) is 4.74 Å². The maximum absolute atomic E-state index is 5.70. The lowest BCUT2D eigenvalue weighted by Crippen LogP contribution is -2.02. The van der Waals surface area contributed by atoms with Gasteiger partial charge in [-0.15, -0.1) is 0 Å². The molecule has 0 saturated carbocycles. The highest BCUT2D eigenvalue weighted by atomic mass is 16.6. The second kappa shape index (κ2) is 10.3. The van der Waals surface area contributed by atoms with Gasteiger partial charge in [-0.25, -0.2) is 0 Å². The summed E-state index contributed by atoms with van der Waals surface area (Å²) in [6, 6.07) is 8.50. The van der Waals surface area contributed by atoms with Crippen molar-refractivity contribution in [3.8, 4) is 5.75 Å². The van der Waals surface area contributed by atoms with Crippen molar-refractivity contribution < 1.29 is 9.57 Å². The molecule has 1 aromatic carbocycles. The number of hydrogen-bond donors (Lipinski definition) is 0. The predicted octanol–water partition coefficient (Wildman–Crippen LogP) is 4.46. The number of rotatable bonds is 10. The van der Waals surface area contributed by atoms with Gasteiger partial charge in [0.1, 0.15) is 12.9 Å². The number of ether oxygens (including phenoxy) is 1. The van der Waals surface area contributed by atoms with Crippen molar-refractivity contribution in [2.75, 3.05) is 13.7 Å². The zero-order valence-electron chi connectivity index (χ0n) is 13.0. The molecule has 0 radical (unpaired) electrons. The fourth-order valence-corrected chi connectivity index (χ4v) is 2.12. The summed E-state index contributed by atoms with van der Waals surface area (Å²) in [6.07, 6.45) is 7.25. The largest absolute Gasteiger partial charge is 0.494 e. The van der Waals surface area contributed by atoms with Crippen molar-refractivity contribution in [3.05, 3.63) is 29.8 Å². The van der Waals surface area contributed by atoms with E-state index in [2.05, 4.69) is 48.1 Å². The van der Waals surface area contributed by atoms with Crippen LogP contribution in [0.3, 0.4) is 0 Å². The summed E-state index contributed by atoms with van der Waals surface area (Å²) in [4.78, 5) is 4.60. The Morgan fingerprint density at radius 3 is 2.45 bits per heavy atom. The van der Waals surface area contributed by atoms with Crippen molar-refractivity contribution in [1.82, 2.24) is 0 Å². The molecule has 1 rings (SSSR count). The summed E-state index contributed by atoms with van der Waals surface area (Å²) in [7, 11) is 1.55. The van der Waals surface area contributed by atoms with E-state index in [1.807, 2.05) is 0 Å². The maximum atomic E-state index is 5.70. The van der Waals surface area contributed by atoms with Crippen LogP contribution in [0.25, 0.3) is 0 Å². The molecular formula is C17H27NO2. The van der Waals surface area contributed by atoms with Gasteiger partial charge >= 0.3 is 0 Å². The van der Waals surface area contributed by atoms with Gasteiger partial charge in [0.05, 0.1) is 6.61 Å². The third-order valence-corrected chi connectivity index (χ3v) is 3.53. The smallest absolute Gasteiger partial charge is 0.119 e. The predicted molar refractivity (Wildman–Crippen MR) is 84.4 cm³/mol. The van der Waals surface area contributed by atoms with Crippen LogP contribution in [0, 0.1) is 5.92 Å². The minimum atomic E-state index is 0.710. The average Bonchev–Trinajstić information content (AvgIpc) is 2.49. The number of oxime groups is 1. The summed E-state index contributed by atoms with van der Waals surface area (Å²) in [6.45, 7) is 5.23. The molecule has 0 aromatic heterocycles. The van der Waals surface area contributed by atoms with Gasteiger partial charge in [-0.1, -0.05) is 44.0 Å². The van der Waals surface area contributed by atoms with E-state index in [9.17, 15) is 0 Å². The van der Waals surface area contributed by atoms with Crippen LogP contribution in [0.4, 0.5) is 0 Å². The molecule has 0 atom stereocenters. The molecule has 0 unspecified atom stereocenters. The monoisotopic (exact) mass is 277 g/mol. The molecule has 0 saturated heterocycles. The van der Waals surface area contributed by atoms with Crippen LogP contribution in [0.2, 0.25) is 0 Å². The van der Waals surface area contributed by atoms with Crippen LogP contribution in [0.1, 0.15) is 45.1 Å². The molecule has 0 bridgehead atoms. The lowest BCUT2D eigenvalue weighted by atomic mass is 9.95. The van der Waals surface area contributed by atoms with Gasteiger partial charge in [0.15, 0.2) is 0 Å². The number of nitrogens with zero attached hydrogens (tertiary/aromatic N) is 1. The Kier molecular flexibility index (Phi) is 8.52. The minimum Gasteiger partial charge on any atom is -0.494 e. The fraction of sp³-hybridized carbons (Fsp3) is 0.588. The first kappa shape index (κ1) is 16.5. The molecule has 112 valence electrons. The highest BCUT2D eigenvalue weighted by Crippen LogP contribution is 2.18. The molecule has 0 spiro atoms. The number of hydrogen-bond acceptors (Lipinski definition) is 3. The number of unbranched alkanes of at least 4 members (excludes halogenated alkanes) is 1. The SMILES string of the molecule is CCC(CC)Cc1ccc(OCCC/C=N/OC)cc1. The fourth-order valence-electron chi connectivity index (χ4n) is 2.12. The highest BCUT2D eigenvalue weighted by molar-refractivity contribution is 5.56. The molecule has 3 heteroatoms. The Morgan fingerprint density at radius 2 is 1.85 bits per heavy atom. The van der Waals surface area contributed by atoms with Gasteiger partial charge in [0.2, 0.25) is 0 Å². The summed E-state index contributed by atoms with van der Waals surface area (Å²) < 4.78 is 5.70. The van der Waals surface area contributed by atoms with Gasteiger partial charge in [-0.05, 0) is 42.9 Å². The van der Waals surface area contributed by atoms with Crippen LogP contribution in [-0.4, -0.2) is 19.9 Å². The average molecular weight is 277 g/mol. The molecule has 0 aliphatic heterocycles. The van der Waals surface area contributed by atoms with E-state index in [1.165, 1.54) is 24.8 Å². The van der Waals surface area contributed by atoms with Gasteiger partial charge < -0.3 is 9.57 Å². The molecule has 3 nitrogen and oxygen atoms in total. The Hall–Kier alpha value is -1.51. The molecule has 0 aliphatic carbocycles. The topological polar surface area (TPSA) is 30.8 Å². The molecule has 0 fully saturated rings. The normalized spacial score (nSPS) is 11.2. The Balaban J connectivity index is 2.29. The first-order valence-electron chi connectivity index (χ1n) is 7.56. The molecule has 0 amide bonds. The summed E-state index contributed by atoms with van der Waals surface area (Å²) in [5, 5.41) is 3.69. The first-order valence-corrected chi connectivity index (χ1v) is 7.56. The van der Waals surface area contributed by atoms with Crippen molar-refractivity contribution in [1.29, 1.82) is 0 Å². The van der Waals surface area contributed by atoms with E-state index in [1.54, 1.807) is 13.3 Å². The summed E-state index contributed by atoms with van der Waals surface area (Å²) >= 11 is 0. The zero-order chi connectivity index (χ0) is 14.6. The lowest BCUT2D eigenvalue weighted by molar-refractivity contribution is 0.214. The summed E-state index contributed by atoms with van der Waals surface area (Å²) in [5.74, 6) is 1.74. The van der Waals surface area contributed by atoms with Crippen LogP contribution in [-0.2, 0) is 11.3 Å². The van der Waals surface area contributed by atoms with Gasteiger partial charge in [0.25, 0.3) is 0 Å². The van der Waals surface area contributed by atoms with E-state index >= 15 is 0 Å². The summed E-state index contributed by atoms with van der Waals surface area (Å²) in [5.41, 5.74) is 1.40. The van der Waals surface area contributed by atoms with Gasteiger partial charge in [0, 0.05) is 6.21 Å². The maximum Gasteiger partial charge on any atom is 0.119 e. The van der Waals surface area contributed by atoms with E-state index in [0.29, 0.717) is 6.61 Å². The second-order valence-electron chi connectivity index (χ2n) is 4.99. The molecule has 0 aliphatic rings. The van der Waals surface area contributed by atoms with Crippen molar-refractivity contribution in [2.45, 2.75) is 46.0 Å². The van der Waals surface area contributed by atoms with Gasteiger partial charge in [-0.3, -0.25) is 0 Å². The highest BCUT2D eigenvalue weighted by Gasteiger charge is 2.04. The third-order valence-electron chi connectivity index (χ3n) is 3.53. The first-order chi connectivity index (χ1) is 9.80. The van der Waals surface area contributed by atoms with Crippen LogP contribution >= 0.6 is 0 Å². The molecule has 0 heterocycles. The minimum absolute atomic E-state index is 0.710.